The quantitative estimate of drug-likeness (QED) is 0.544. The normalized spacial score (nSPS) is 15.9. The number of pyridine rings is 1. The van der Waals surface area contributed by atoms with E-state index in [1.54, 1.807) is 0 Å². The number of aryl methyl sites for hydroxylation is 1. The van der Waals surface area contributed by atoms with Gasteiger partial charge in [0.25, 0.3) is 5.91 Å². The molecular formula is C23H30N2O4. The molecule has 1 atom stereocenters. The van der Waals surface area contributed by atoms with E-state index in [4.69, 9.17) is 14.5 Å². The molecule has 1 aliphatic carbocycles. The van der Waals surface area contributed by atoms with E-state index < -0.39 is 5.97 Å². The van der Waals surface area contributed by atoms with E-state index in [1.165, 1.54) is 0 Å². The minimum atomic E-state index is -0.452. The Morgan fingerprint density at radius 1 is 1.28 bits per heavy atom. The zero-order valence-corrected chi connectivity index (χ0v) is 17.5. The third kappa shape index (κ3) is 5.54. The van der Waals surface area contributed by atoms with Gasteiger partial charge in [-0.15, -0.1) is 0 Å². The van der Waals surface area contributed by atoms with E-state index in [-0.39, 0.29) is 18.6 Å². The number of aromatic nitrogens is 1. The first-order valence-corrected chi connectivity index (χ1v) is 10.4. The molecule has 0 saturated heterocycles. The van der Waals surface area contributed by atoms with Crippen LogP contribution in [0.15, 0.2) is 24.3 Å². The van der Waals surface area contributed by atoms with Gasteiger partial charge < -0.3 is 14.8 Å². The topological polar surface area (TPSA) is 77.5 Å². The second kappa shape index (κ2) is 9.83. The van der Waals surface area contributed by atoms with Gasteiger partial charge in [-0.1, -0.05) is 25.1 Å². The van der Waals surface area contributed by atoms with Crippen LogP contribution >= 0.6 is 0 Å². The third-order valence-corrected chi connectivity index (χ3v) is 5.14. The number of rotatable bonds is 8. The first kappa shape index (κ1) is 21.2. The van der Waals surface area contributed by atoms with Crippen molar-refractivity contribution in [2.45, 2.75) is 52.6 Å². The Labute approximate surface area is 172 Å². The fraction of sp³-hybridized carbons (Fsp3) is 0.522. The van der Waals surface area contributed by atoms with Gasteiger partial charge in [-0.2, -0.15) is 0 Å². The molecule has 0 unspecified atom stereocenters. The van der Waals surface area contributed by atoms with Crippen molar-refractivity contribution < 1.29 is 19.1 Å². The molecule has 0 radical (unpaired) electrons. The van der Waals surface area contributed by atoms with E-state index in [0.29, 0.717) is 24.6 Å². The second-order valence-electron chi connectivity index (χ2n) is 7.98. The number of hydrogen-bond acceptors (Lipinski definition) is 5. The number of para-hydroxylation sites is 1. The summed E-state index contributed by atoms with van der Waals surface area (Å²) in [5, 5.41) is 3.55. The van der Waals surface area contributed by atoms with Gasteiger partial charge in [0.05, 0.1) is 17.2 Å². The molecule has 0 bridgehead atoms. The second-order valence-corrected chi connectivity index (χ2v) is 7.98. The van der Waals surface area contributed by atoms with Crippen LogP contribution < -0.4 is 5.32 Å². The van der Waals surface area contributed by atoms with E-state index in [0.717, 1.165) is 47.8 Å². The molecule has 3 rings (SSSR count). The molecule has 6 heteroatoms. The van der Waals surface area contributed by atoms with E-state index in [1.807, 2.05) is 38.1 Å². The Morgan fingerprint density at radius 2 is 2.07 bits per heavy atom. The summed E-state index contributed by atoms with van der Waals surface area (Å²) in [4.78, 5) is 29.7. The van der Waals surface area contributed by atoms with Crippen LogP contribution in [0.25, 0.3) is 10.9 Å². The summed E-state index contributed by atoms with van der Waals surface area (Å²) in [5.74, 6) is -0.260. The van der Waals surface area contributed by atoms with Gasteiger partial charge in [0.2, 0.25) is 0 Å². The summed E-state index contributed by atoms with van der Waals surface area (Å²) in [6.07, 6.45) is 3.63. The molecule has 29 heavy (non-hydrogen) atoms. The van der Waals surface area contributed by atoms with Crippen LogP contribution in [0.3, 0.4) is 0 Å². The highest BCUT2D eigenvalue weighted by Gasteiger charge is 2.26. The summed E-state index contributed by atoms with van der Waals surface area (Å²) >= 11 is 0. The van der Waals surface area contributed by atoms with Crippen LogP contribution in [0, 0.1) is 5.92 Å². The van der Waals surface area contributed by atoms with Gasteiger partial charge in [-0.25, -0.2) is 4.79 Å². The van der Waals surface area contributed by atoms with Crippen LogP contribution in [-0.4, -0.2) is 42.7 Å². The number of carbonyl (C=O) groups excluding carboxylic acids is 2. The lowest BCUT2D eigenvalue weighted by Gasteiger charge is -2.24. The molecule has 0 fully saturated rings. The number of carbonyl (C=O) groups is 2. The SMILES string of the molecule is CC(C)OCCCNC(=O)COC(=O)c1c2c(nc3ccccc13)CC[C@@H](C)C2. The molecule has 6 nitrogen and oxygen atoms in total. The highest BCUT2D eigenvalue weighted by molar-refractivity contribution is 6.05. The maximum absolute atomic E-state index is 12.9. The van der Waals surface area contributed by atoms with Crippen LogP contribution in [-0.2, 0) is 27.1 Å². The Hall–Kier alpha value is -2.47. The van der Waals surface area contributed by atoms with Gasteiger partial charge in [0.15, 0.2) is 6.61 Å². The summed E-state index contributed by atoms with van der Waals surface area (Å²) in [5.41, 5.74) is 3.31. The van der Waals surface area contributed by atoms with Crippen molar-refractivity contribution in [3.05, 3.63) is 41.1 Å². The largest absolute Gasteiger partial charge is 0.452 e. The predicted molar refractivity (Wildman–Crippen MR) is 112 cm³/mol. The molecule has 1 heterocycles. The fourth-order valence-electron chi connectivity index (χ4n) is 3.67. The summed E-state index contributed by atoms with van der Waals surface area (Å²) in [7, 11) is 0. The maximum Gasteiger partial charge on any atom is 0.339 e. The summed E-state index contributed by atoms with van der Waals surface area (Å²) in [6.45, 7) is 6.93. The zero-order chi connectivity index (χ0) is 20.8. The number of nitrogens with zero attached hydrogens (tertiary/aromatic N) is 1. The van der Waals surface area contributed by atoms with Crippen LogP contribution in [0.1, 0.15) is 55.2 Å². The van der Waals surface area contributed by atoms with Crippen molar-refractivity contribution in [2.24, 2.45) is 5.92 Å². The van der Waals surface area contributed by atoms with Gasteiger partial charge in [0.1, 0.15) is 0 Å². The number of benzene rings is 1. The number of ether oxygens (including phenoxy) is 2. The third-order valence-electron chi connectivity index (χ3n) is 5.14. The molecule has 1 aromatic carbocycles. The lowest BCUT2D eigenvalue weighted by molar-refractivity contribution is -0.124. The van der Waals surface area contributed by atoms with Crippen molar-refractivity contribution >= 4 is 22.8 Å². The smallest absolute Gasteiger partial charge is 0.339 e. The maximum atomic E-state index is 12.9. The monoisotopic (exact) mass is 398 g/mol. The van der Waals surface area contributed by atoms with Crippen LogP contribution in [0.2, 0.25) is 0 Å². The van der Waals surface area contributed by atoms with Crippen molar-refractivity contribution in [1.82, 2.24) is 10.3 Å². The lowest BCUT2D eigenvalue weighted by atomic mass is 9.84. The highest BCUT2D eigenvalue weighted by atomic mass is 16.5. The van der Waals surface area contributed by atoms with Crippen molar-refractivity contribution in [3.63, 3.8) is 0 Å². The summed E-state index contributed by atoms with van der Waals surface area (Å²) in [6, 6.07) is 7.62. The first-order valence-electron chi connectivity index (χ1n) is 10.4. The minimum absolute atomic E-state index is 0.176. The van der Waals surface area contributed by atoms with Gasteiger partial charge in [0, 0.05) is 24.2 Å². The van der Waals surface area contributed by atoms with Crippen LogP contribution in [0.5, 0.6) is 0 Å². The fourth-order valence-corrected chi connectivity index (χ4v) is 3.67. The minimum Gasteiger partial charge on any atom is -0.452 e. The van der Waals surface area contributed by atoms with E-state index in [2.05, 4.69) is 12.2 Å². The zero-order valence-electron chi connectivity index (χ0n) is 17.5. The molecule has 156 valence electrons. The van der Waals surface area contributed by atoms with Crippen molar-refractivity contribution in [3.8, 4) is 0 Å². The Bertz CT molecular complexity index is 879. The average Bonchev–Trinajstić information content (AvgIpc) is 2.69. The van der Waals surface area contributed by atoms with Gasteiger partial charge >= 0.3 is 5.97 Å². The predicted octanol–water partition coefficient (Wildman–Crippen LogP) is 3.45. The number of fused-ring (bicyclic) bond motifs is 2. The molecule has 1 N–H and O–H groups in total. The molecule has 0 aliphatic heterocycles. The molecule has 0 saturated carbocycles. The molecule has 2 aromatic rings. The lowest BCUT2D eigenvalue weighted by Crippen LogP contribution is -2.30. The highest BCUT2D eigenvalue weighted by Crippen LogP contribution is 2.31. The average molecular weight is 399 g/mol. The molecule has 1 amide bonds. The Balaban J connectivity index is 1.66. The van der Waals surface area contributed by atoms with Gasteiger partial charge in [-0.3, -0.25) is 9.78 Å². The number of esters is 1. The molecule has 0 spiro atoms. The van der Waals surface area contributed by atoms with Crippen molar-refractivity contribution in [2.75, 3.05) is 19.8 Å². The Kier molecular flexibility index (Phi) is 7.20. The number of nitrogens with one attached hydrogen (secondary N) is 1. The number of amides is 1. The molecule has 1 aromatic heterocycles. The molecular weight excluding hydrogens is 368 g/mol. The van der Waals surface area contributed by atoms with Gasteiger partial charge in [-0.05, 0) is 57.1 Å². The summed E-state index contributed by atoms with van der Waals surface area (Å²) < 4.78 is 10.8. The van der Waals surface area contributed by atoms with Crippen molar-refractivity contribution in [1.29, 1.82) is 0 Å². The van der Waals surface area contributed by atoms with E-state index in [9.17, 15) is 9.59 Å². The van der Waals surface area contributed by atoms with Crippen LogP contribution in [0.4, 0.5) is 0 Å². The number of hydrogen-bond donors (Lipinski definition) is 1. The molecule has 1 aliphatic rings. The Morgan fingerprint density at radius 3 is 2.86 bits per heavy atom. The van der Waals surface area contributed by atoms with E-state index >= 15 is 0 Å². The first-order chi connectivity index (χ1) is 14.0. The standard InChI is InChI=1S/C23H30N2O4/c1-15(2)28-12-6-11-24-21(26)14-29-23(27)22-17-7-4-5-8-19(17)25-20-10-9-16(3)13-18(20)22/h4-5,7-8,15-16H,6,9-14H2,1-3H3,(H,24,26)/t16-/m1/s1.